The van der Waals surface area contributed by atoms with Gasteiger partial charge in [-0.25, -0.2) is 0 Å². The second kappa shape index (κ2) is 7.94. The van der Waals surface area contributed by atoms with Crippen LogP contribution in [0, 0.1) is 12.3 Å². The van der Waals surface area contributed by atoms with Gasteiger partial charge in [0.25, 0.3) is 5.91 Å². The van der Waals surface area contributed by atoms with E-state index in [1.165, 1.54) is 11.0 Å². The fourth-order valence-corrected chi connectivity index (χ4v) is 4.12. The number of aromatic hydroxyl groups is 1. The van der Waals surface area contributed by atoms with Gasteiger partial charge in [0, 0.05) is 31.0 Å². The monoisotopic (exact) mass is 438 g/mol. The molecule has 1 aliphatic rings. The Morgan fingerprint density at radius 1 is 1.19 bits per heavy atom. The highest BCUT2D eigenvalue weighted by molar-refractivity contribution is 5.98. The number of furan rings is 1. The molecule has 3 aromatic rings. The molecule has 8 nitrogen and oxygen atoms in total. The van der Waals surface area contributed by atoms with Crippen molar-refractivity contribution >= 4 is 17.3 Å². The summed E-state index contributed by atoms with van der Waals surface area (Å²) in [5.74, 6) is 0.715. The number of para-hydroxylation sites is 1. The van der Waals surface area contributed by atoms with E-state index < -0.39 is 10.9 Å². The lowest BCUT2D eigenvalue weighted by molar-refractivity contribution is -0.119. The number of amides is 1. The second-order valence-electron chi connectivity index (χ2n) is 8.89. The molecule has 0 bridgehead atoms. The number of nitrogens with one attached hydrogen (secondary N) is 1. The molecule has 1 aromatic heterocycles. The number of carbonyl (C=O) groups is 1. The van der Waals surface area contributed by atoms with E-state index in [2.05, 4.69) is 12.2 Å². The van der Waals surface area contributed by atoms with E-state index in [1.807, 2.05) is 19.1 Å². The summed E-state index contributed by atoms with van der Waals surface area (Å²) in [5, 5.41) is 13.5. The number of hydrogen-bond acceptors (Lipinski definition) is 7. The molecule has 168 valence electrons. The lowest BCUT2D eigenvalue weighted by Gasteiger charge is -2.44. The van der Waals surface area contributed by atoms with Crippen molar-refractivity contribution in [2.75, 3.05) is 32.6 Å². The average Bonchev–Trinajstić information content (AvgIpc) is 3.17. The molecule has 1 fully saturated rings. The predicted octanol–water partition coefficient (Wildman–Crippen LogP) is 2.70. The first-order chi connectivity index (χ1) is 15.1. The molecule has 0 aliphatic carbocycles. The van der Waals surface area contributed by atoms with E-state index >= 15 is 0 Å². The van der Waals surface area contributed by atoms with Gasteiger partial charge in [0.2, 0.25) is 10.9 Å². The number of nitrogens with zero attached hydrogens (tertiary/aromatic N) is 1. The van der Waals surface area contributed by atoms with Crippen molar-refractivity contribution in [2.24, 2.45) is 5.41 Å². The van der Waals surface area contributed by atoms with E-state index in [-0.39, 0.29) is 39.9 Å². The third-order valence-electron chi connectivity index (χ3n) is 6.16. The molecule has 0 saturated carbocycles. The van der Waals surface area contributed by atoms with Crippen LogP contribution in [0.4, 0.5) is 11.4 Å². The minimum absolute atomic E-state index is 0.100. The summed E-state index contributed by atoms with van der Waals surface area (Å²) in [6, 6.07) is 8.42. The number of rotatable bonds is 7. The molecule has 1 amide bonds. The molecule has 0 radical (unpaired) electrons. The maximum absolute atomic E-state index is 12.5. The van der Waals surface area contributed by atoms with Gasteiger partial charge in [0.05, 0.1) is 30.2 Å². The van der Waals surface area contributed by atoms with E-state index in [0.717, 1.165) is 11.5 Å². The lowest BCUT2D eigenvalue weighted by atomic mass is 9.71. The first-order valence-electron chi connectivity index (χ1n) is 10.4. The number of ether oxygens (including phenoxy) is 1. The largest absolute Gasteiger partial charge is 0.505 e. The maximum Gasteiger partial charge on any atom is 0.257 e. The van der Waals surface area contributed by atoms with E-state index in [4.69, 9.17) is 9.15 Å². The Morgan fingerprint density at radius 3 is 2.47 bits per heavy atom. The molecule has 1 atom stereocenters. The molecule has 1 aliphatic heterocycles. The number of aryl methyl sites for hydroxylation is 1. The van der Waals surface area contributed by atoms with Crippen molar-refractivity contribution in [2.45, 2.75) is 26.2 Å². The summed E-state index contributed by atoms with van der Waals surface area (Å²) in [4.78, 5) is 38.5. The SMILES string of the molecule is Cc1ccc([C@H](Cc2c(Nc3cccc(C(=O)N(C)C)c3O)c(=O)c2=O)C2(C)COC2)o1. The van der Waals surface area contributed by atoms with Crippen LogP contribution in [-0.2, 0) is 11.2 Å². The van der Waals surface area contributed by atoms with Crippen molar-refractivity contribution in [1.29, 1.82) is 0 Å². The Labute approximate surface area is 185 Å². The van der Waals surface area contributed by atoms with Crippen molar-refractivity contribution in [3.63, 3.8) is 0 Å². The Hall–Kier alpha value is -3.39. The van der Waals surface area contributed by atoms with Crippen LogP contribution in [0.25, 0.3) is 0 Å². The van der Waals surface area contributed by atoms with Gasteiger partial charge in [-0.2, -0.15) is 0 Å². The van der Waals surface area contributed by atoms with Gasteiger partial charge in [-0.05, 0) is 37.6 Å². The normalized spacial score (nSPS) is 15.9. The quantitative estimate of drug-likeness (QED) is 0.431. The first kappa shape index (κ1) is 21.8. The van der Waals surface area contributed by atoms with Crippen molar-refractivity contribution in [3.05, 3.63) is 73.4 Å². The zero-order chi connectivity index (χ0) is 23.2. The summed E-state index contributed by atoms with van der Waals surface area (Å²) >= 11 is 0. The predicted molar refractivity (Wildman–Crippen MR) is 120 cm³/mol. The van der Waals surface area contributed by atoms with Gasteiger partial charge < -0.3 is 24.5 Å². The third kappa shape index (κ3) is 3.60. The minimum Gasteiger partial charge on any atom is -0.505 e. The van der Waals surface area contributed by atoms with Gasteiger partial charge in [-0.15, -0.1) is 0 Å². The van der Waals surface area contributed by atoms with Crippen LogP contribution in [0.5, 0.6) is 5.75 Å². The highest BCUT2D eigenvalue weighted by atomic mass is 16.5. The van der Waals surface area contributed by atoms with Crippen LogP contribution in [-0.4, -0.2) is 43.2 Å². The van der Waals surface area contributed by atoms with Crippen molar-refractivity contribution in [1.82, 2.24) is 4.90 Å². The number of benzene rings is 1. The van der Waals surface area contributed by atoms with Crippen LogP contribution in [0.1, 0.15) is 40.3 Å². The molecule has 4 rings (SSSR count). The van der Waals surface area contributed by atoms with Gasteiger partial charge in [-0.3, -0.25) is 14.4 Å². The number of phenolic OH excluding ortho intramolecular Hbond substituents is 1. The molecule has 0 spiro atoms. The molecule has 1 saturated heterocycles. The molecule has 32 heavy (non-hydrogen) atoms. The molecule has 2 heterocycles. The number of hydrogen-bond donors (Lipinski definition) is 2. The Balaban J connectivity index is 1.66. The molecule has 2 aromatic carbocycles. The fraction of sp³-hybridized carbons (Fsp3) is 0.375. The van der Waals surface area contributed by atoms with Gasteiger partial charge >= 0.3 is 0 Å². The third-order valence-corrected chi connectivity index (χ3v) is 6.16. The van der Waals surface area contributed by atoms with E-state index in [9.17, 15) is 19.5 Å². The summed E-state index contributed by atoms with van der Waals surface area (Å²) in [5.41, 5.74) is -0.639. The Bertz CT molecular complexity index is 1240. The van der Waals surface area contributed by atoms with Crippen molar-refractivity contribution in [3.8, 4) is 5.75 Å². The van der Waals surface area contributed by atoms with Gasteiger partial charge in [0.1, 0.15) is 11.5 Å². The van der Waals surface area contributed by atoms with Crippen LogP contribution >= 0.6 is 0 Å². The molecule has 0 unspecified atom stereocenters. The molecule has 8 heteroatoms. The van der Waals surface area contributed by atoms with Gasteiger partial charge in [0.15, 0.2) is 5.75 Å². The summed E-state index contributed by atoms with van der Waals surface area (Å²) < 4.78 is 11.3. The zero-order valence-corrected chi connectivity index (χ0v) is 18.5. The topological polar surface area (TPSA) is 109 Å². The highest BCUT2D eigenvalue weighted by Crippen LogP contribution is 2.45. The van der Waals surface area contributed by atoms with Crippen LogP contribution in [0.15, 0.2) is 44.3 Å². The number of phenols is 1. The summed E-state index contributed by atoms with van der Waals surface area (Å²) in [7, 11) is 3.16. The van der Waals surface area contributed by atoms with Crippen LogP contribution < -0.4 is 16.2 Å². The second-order valence-corrected chi connectivity index (χ2v) is 8.89. The van der Waals surface area contributed by atoms with Crippen molar-refractivity contribution < 1.29 is 19.1 Å². The molecular weight excluding hydrogens is 412 g/mol. The Kier molecular flexibility index (Phi) is 5.42. The highest BCUT2D eigenvalue weighted by Gasteiger charge is 2.44. The first-order valence-corrected chi connectivity index (χ1v) is 10.4. The summed E-state index contributed by atoms with van der Waals surface area (Å²) in [6.07, 6.45) is 0.302. The smallest absolute Gasteiger partial charge is 0.257 e. The standard InChI is InChI=1S/C24H26N2O6/c1-13-8-9-18(32-13)16(24(2)11-31-12-24)10-15-19(22(29)21(15)28)25-17-7-5-6-14(20(17)27)23(30)26(3)4/h5-9,16,25,27H,10-12H2,1-4H3/t16-/m0/s1. The number of carbonyl (C=O) groups excluding carboxylic acids is 1. The minimum atomic E-state index is -0.645. The number of anilines is 2. The fourth-order valence-electron chi connectivity index (χ4n) is 4.12. The Morgan fingerprint density at radius 2 is 1.91 bits per heavy atom. The summed E-state index contributed by atoms with van der Waals surface area (Å²) in [6.45, 7) is 4.99. The van der Waals surface area contributed by atoms with E-state index in [0.29, 0.717) is 25.2 Å². The van der Waals surface area contributed by atoms with Crippen LogP contribution in [0.2, 0.25) is 0 Å². The van der Waals surface area contributed by atoms with Gasteiger partial charge in [-0.1, -0.05) is 13.0 Å². The zero-order valence-electron chi connectivity index (χ0n) is 18.5. The average molecular weight is 438 g/mol. The maximum atomic E-state index is 12.5. The molecule has 2 N–H and O–H groups in total. The van der Waals surface area contributed by atoms with E-state index in [1.54, 1.807) is 26.2 Å². The lowest BCUT2D eigenvalue weighted by Crippen LogP contribution is -2.47. The molecular formula is C24H26N2O6. The van der Waals surface area contributed by atoms with Crippen LogP contribution in [0.3, 0.4) is 0 Å².